The van der Waals surface area contributed by atoms with Gasteiger partial charge in [-0.1, -0.05) is 17.7 Å². The highest BCUT2D eigenvalue weighted by molar-refractivity contribution is 6.31. The van der Waals surface area contributed by atoms with E-state index in [0.717, 1.165) is 0 Å². The van der Waals surface area contributed by atoms with Gasteiger partial charge in [0.2, 0.25) is 5.91 Å². The lowest BCUT2D eigenvalue weighted by Crippen LogP contribution is -2.58. The van der Waals surface area contributed by atoms with E-state index in [-0.39, 0.29) is 36.2 Å². The Balaban J connectivity index is 2.14. The third kappa shape index (κ3) is 3.43. The fourth-order valence-corrected chi connectivity index (χ4v) is 2.33. The normalized spacial score (nSPS) is 18.3. The zero-order chi connectivity index (χ0) is 15.4. The number of urea groups is 1. The molecule has 3 amide bonds. The summed E-state index contributed by atoms with van der Waals surface area (Å²) in [6.07, 6.45) is 0.122. The van der Waals surface area contributed by atoms with Gasteiger partial charge in [-0.25, -0.2) is 9.18 Å². The molecule has 3 N–H and O–H groups in total. The second-order valence-corrected chi connectivity index (χ2v) is 4.95. The lowest BCUT2D eigenvalue weighted by molar-refractivity contribution is -0.128. The Morgan fingerprint density at radius 1 is 1.57 bits per heavy atom. The van der Waals surface area contributed by atoms with Crippen LogP contribution in [0.25, 0.3) is 0 Å². The maximum atomic E-state index is 13.8. The van der Waals surface area contributed by atoms with Crippen LogP contribution in [0.1, 0.15) is 6.42 Å². The number of carbonyl (C=O) groups excluding carboxylic acids is 2. The zero-order valence-corrected chi connectivity index (χ0v) is 11.9. The van der Waals surface area contributed by atoms with Crippen molar-refractivity contribution >= 4 is 29.2 Å². The fraction of sp³-hybridized carbons (Fsp3) is 0.385. The van der Waals surface area contributed by atoms with Crippen molar-refractivity contribution < 1.29 is 19.1 Å². The molecule has 0 aromatic heterocycles. The van der Waals surface area contributed by atoms with E-state index < -0.39 is 17.9 Å². The number of nitrogens with one attached hydrogen (secondary N) is 2. The molecule has 8 heteroatoms. The number of nitrogens with zero attached hydrogens (tertiary/aromatic N) is 1. The molecular formula is C13H15ClFN3O3. The SMILES string of the molecule is O=C1NCCN(C(=O)Nc2cccc(Cl)c2F)[C@H]1CCO. The van der Waals surface area contributed by atoms with Crippen molar-refractivity contribution in [3.8, 4) is 0 Å². The molecule has 0 radical (unpaired) electrons. The van der Waals surface area contributed by atoms with Crippen molar-refractivity contribution in [3.63, 3.8) is 0 Å². The Kier molecular flexibility index (Phi) is 4.98. The van der Waals surface area contributed by atoms with Crippen LogP contribution < -0.4 is 10.6 Å². The topological polar surface area (TPSA) is 81.7 Å². The monoisotopic (exact) mass is 315 g/mol. The van der Waals surface area contributed by atoms with Gasteiger partial charge in [0.05, 0.1) is 10.7 Å². The minimum Gasteiger partial charge on any atom is -0.396 e. The second-order valence-electron chi connectivity index (χ2n) is 4.54. The summed E-state index contributed by atoms with van der Waals surface area (Å²) in [7, 11) is 0. The maximum absolute atomic E-state index is 13.8. The number of amides is 3. The number of aliphatic hydroxyl groups is 1. The van der Waals surface area contributed by atoms with Crippen molar-refractivity contribution in [1.29, 1.82) is 0 Å². The average molecular weight is 316 g/mol. The highest BCUT2D eigenvalue weighted by atomic mass is 35.5. The molecule has 1 aliphatic heterocycles. The van der Waals surface area contributed by atoms with E-state index in [1.54, 1.807) is 0 Å². The molecule has 1 heterocycles. The lowest BCUT2D eigenvalue weighted by Gasteiger charge is -2.34. The molecule has 0 aliphatic carbocycles. The standard InChI is InChI=1S/C13H15ClFN3O3/c14-8-2-1-3-9(11(8)15)17-13(21)18-6-5-16-12(20)10(18)4-7-19/h1-3,10,19H,4-7H2,(H,16,20)(H,17,21)/t10-/m0/s1. The average Bonchev–Trinajstić information content (AvgIpc) is 2.46. The van der Waals surface area contributed by atoms with Gasteiger partial charge < -0.3 is 20.6 Å². The summed E-state index contributed by atoms with van der Waals surface area (Å²) < 4.78 is 13.8. The number of hydrogen-bond acceptors (Lipinski definition) is 3. The van der Waals surface area contributed by atoms with Gasteiger partial charge >= 0.3 is 6.03 Å². The van der Waals surface area contributed by atoms with Crippen molar-refractivity contribution in [3.05, 3.63) is 29.0 Å². The first-order valence-electron chi connectivity index (χ1n) is 6.44. The molecule has 21 heavy (non-hydrogen) atoms. The van der Waals surface area contributed by atoms with Crippen LogP contribution in [0, 0.1) is 5.82 Å². The second kappa shape index (κ2) is 6.73. The van der Waals surface area contributed by atoms with Gasteiger partial charge in [0, 0.05) is 19.7 Å². The van der Waals surface area contributed by atoms with E-state index in [9.17, 15) is 14.0 Å². The smallest absolute Gasteiger partial charge is 0.322 e. The molecular weight excluding hydrogens is 301 g/mol. The van der Waals surface area contributed by atoms with Gasteiger partial charge in [0.15, 0.2) is 5.82 Å². The van der Waals surface area contributed by atoms with Crippen LogP contribution in [0.4, 0.5) is 14.9 Å². The Morgan fingerprint density at radius 2 is 2.33 bits per heavy atom. The Labute approximate surface area is 125 Å². The van der Waals surface area contributed by atoms with Crippen LogP contribution in [0.5, 0.6) is 0 Å². The Bertz CT molecular complexity index is 555. The van der Waals surface area contributed by atoms with E-state index in [1.165, 1.54) is 23.1 Å². The predicted molar refractivity (Wildman–Crippen MR) is 75.6 cm³/mol. The van der Waals surface area contributed by atoms with Crippen LogP contribution in [0.3, 0.4) is 0 Å². The van der Waals surface area contributed by atoms with Gasteiger partial charge in [-0.05, 0) is 18.6 Å². The summed E-state index contributed by atoms with van der Waals surface area (Å²) in [5, 5.41) is 13.9. The van der Waals surface area contributed by atoms with E-state index >= 15 is 0 Å². The Hall–Kier alpha value is -1.86. The minimum absolute atomic E-state index is 0.0544. The first kappa shape index (κ1) is 15.5. The highest BCUT2D eigenvalue weighted by Crippen LogP contribution is 2.22. The van der Waals surface area contributed by atoms with Gasteiger partial charge in [0.25, 0.3) is 0 Å². The number of rotatable bonds is 3. The van der Waals surface area contributed by atoms with Crippen LogP contribution in [0.15, 0.2) is 18.2 Å². The molecule has 1 fully saturated rings. The van der Waals surface area contributed by atoms with Gasteiger partial charge in [-0.15, -0.1) is 0 Å². The quantitative estimate of drug-likeness (QED) is 0.784. The molecule has 1 saturated heterocycles. The molecule has 1 aromatic rings. The summed E-state index contributed by atoms with van der Waals surface area (Å²) in [5.74, 6) is -1.07. The van der Waals surface area contributed by atoms with Crippen LogP contribution >= 0.6 is 11.6 Å². The number of piperazine rings is 1. The summed E-state index contributed by atoms with van der Waals surface area (Å²) in [6, 6.07) is 2.88. The third-order valence-electron chi connectivity index (χ3n) is 3.19. The van der Waals surface area contributed by atoms with Crippen LogP contribution in [-0.2, 0) is 4.79 Å². The number of carbonyl (C=O) groups is 2. The molecule has 0 bridgehead atoms. The van der Waals surface area contributed by atoms with Crippen molar-refractivity contribution in [2.24, 2.45) is 0 Å². The van der Waals surface area contributed by atoms with Gasteiger partial charge in [-0.3, -0.25) is 4.79 Å². The predicted octanol–water partition coefficient (Wildman–Crippen LogP) is 1.19. The van der Waals surface area contributed by atoms with Crippen LogP contribution in [0.2, 0.25) is 5.02 Å². The number of anilines is 1. The number of halogens is 2. The van der Waals surface area contributed by atoms with Crippen LogP contribution in [-0.4, -0.2) is 47.7 Å². The third-order valence-corrected chi connectivity index (χ3v) is 3.48. The molecule has 6 nitrogen and oxygen atoms in total. The van der Waals surface area contributed by atoms with Crippen molar-refractivity contribution in [2.75, 3.05) is 25.0 Å². The summed E-state index contributed by atoms with van der Waals surface area (Å²) in [6.45, 7) is 0.365. The summed E-state index contributed by atoms with van der Waals surface area (Å²) >= 11 is 5.65. The number of hydrogen-bond donors (Lipinski definition) is 3. The zero-order valence-electron chi connectivity index (χ0n) is 11.1. The van der Waals surface area contributed by atoms with Crippen molar-refractivity contribution in [1.82, 2.24) is 10.2 Å². The lowest BCUT2D eigenvalue weighted by atomic mass is 10.1. The number of benzene rings is 1. The molecule has 0 unspecified atom stereocenters. The summed E-state index contributed by atoms with van der Waals surface area (Å²) in [5.41, 5.74) is -0.0544. The summed E-state index contributed by atoms with van der Waals surface area (Å²) in [4.78, 5) is 25.2. The van der Waals surface area contributed by atoms with E-state index in [4.69, 9.17) is 16.7 Å². The minimum atomic E-state index is -0.772. The fourth-order valence-electron chi connectivity index (χ4n) is 2.15. The molecule has 2 rings (SSSR count). The molecule has 1 aliphatic rings. The first-order valence-corrected chi connectivity index (χ1v) is 6.82. The van der Waals surface area contributed by atoms with E-state index in [0.29, 0.717) is 6.54 Å². The van der Waals surface area contributed by atoms with E-state index in [1.807, 2.05) is 0 Å². The highest BCUT2D eigenvalue weighted by Gasteiger charge is 2.32. The van der Waals surface area contributed by atoms with Gasteiger partial charge in [0.1, 0.15) is 6.04 Å². The number of aliphatic hydroxyl groups excluding tert-OH is 1. The Morgan fingerprint density at radius 3 is 3.05 bits per heavy atom. The largest absolute Gasteiger partial charge is 0.396 e. The molecule has 114 valence electrons. The van der Waals surface area contributed by atoms with E-state index in [2.05, 4.69) is 10.6 Å². The molecule has 1 atom stereocenters. The van der Waals surface area contributed by atoms with Gasteiger partial charge in [-0.2, -0.15) is 0 Å². The molecule has 0 saturated carbocycles. The maximum Gasteiger partial charge on any atom is 0.322 e. The van der Waals surface area contributed by atoms with Crippen molar-refractivity contribution in [2.45, 2.75) is 12.5 Å². The molecule has 0 spiro atoms. The first-order chi connectivity index (χ1) is 10.0. The molecule has 1 aromatic carbocycles.